The second kappa shape index (κ2) is 3.01. The molecule has 1 rings (SSSR count). The van der Waals surface area contributed by atoms with Crippen molar-refractivity contribution in [3.8, 4) is 0 Å². The number of alkyl halides is 2. The number of rotatable bonds is 3. The third-order valence-electron chi connectivity index (χ3n) is 1.42. The molecule has 0 bridgehead atoms. The predicted octanol–water partition coefficient (Wildman–Crippen LogP) is -2.41. The van der Waals surface area contributed by atoms with Crippen LogP contribution < -0.4 is 26.9 Å². The van der Waals surface area contributed by atoms with E-state index in [0.29, 0.717) is 27.2 Å². The van der Waals surface area contributed by atoms with Gasteiger partial charge in [-0.3, -0.25) is 0 Å². The predicted molar refractivity (Wildman–Crippen MR) is 31.5 cm³/mol. The second-order valence-electron chi connectivity index (χ2n) is 2.28. The van der Waals surface area contributed by atoms with Crippen molar-refractivity contribution in [3.63, 3.8) is 0 Å². The van der Waals surface area contributed by atoms with Crippen LogP contribution in [0.2, 0.25) is 0 Å². The van der Waals surface area contributed by atoms with Crippen LogP contribution in [0.1, 0.15) is 19.8 Å². The SMILES string of the molecule is CCCC(N)C1C[I-]1. The molecule has 0 aromatic carbocycles. The van der Waals surface area contributed by atoms with Gasteiger partial charge in [-0.25, -0.2) is 0 Å². The Hall–Kier alpha value is 0.690. The fraction of sp³-hybridized carbons (Fsp3) is 1.00. The topological polar surface area (TPSA) is 26.0 Å². The molecule has 50 valence electrons. The molecule has 1 aliphatic heterocycles. The first-order valence-corrected chi connectivity index (χ1v) is 5.95. The van der Waals surface area contributed by atoms with E-state index in [1.807, 2.05) is 0 Å². The molecule has 0 radical (unpaired) electrons. The summed E-state index contributed by atoms with van der Waals surface area (Å²) in [5.41, 5.74) is 5.82. The Bertz CT molecular complexity index is 70.9. The van der Waals surface area contributed by atoms with E-state index in [1.54, 1.807) is 0 Å². The van der Waals surface area contributed by atoms with Crippen molar-refractivity contribution in [2.45, 2.75) is 29.7 Å². The summed E-state index contributed by atoms with van der Waals surface area (Å²) < 4.78 is 2.51. The van der Waals surface area contributed by atoms with E-state index in [-0.39, 0.29) is 0 Å². The monoisotopic (exact) mass is 226 g/mol. The summed E-state index contributed by atoms with van der Waals surface area (Å²) in [6.07, 6.45) is 2.52. The molecule has 0 aromatic heterocycles. The van der Waals surface area contributed by atoms with Gasteiger partial charge >= 0.3 is 61.1 Å². The molecule has 1 fully saturated rings. The number of halogens is 1. The first kappa shape index (κ1) is 6.81. The maximum atomic E-state index is 5.82. The van der Waals surface area contributed by atoms with Crippen molar-refractivity contribution in [1.29, 1.82) is 0 Å². The Kier molecular flexibility index (Phi) is 2.56. The number of hydrogen-bond donors (Lipinski definition) is 1. The normalized spacial score (nSPS) is 31.0. The summed E-state index contributed by atoms with van der Waals surface area (Å²) in [5, 5.41) is 0. The van der Waals surface area contributed by atoms with Gasteiger partial charge in [0.25, 0.3) is 0 Å². The van der Waals surface area contributed by atoms with Gasteiger partial charge in [-0.2, -0.15) is 0 Å². The van der Waals surface area contributed by atoms with E-state index in [1.165, 1.54) is 17.3 Å². The molecule has 1 nitrogen and oxygen atoms in total. The molecule has 0 aromatic rings. The van der Waals surface area contributed by atoms with Gasteiger partial charge in [-0.05, 0) is 0 Å². The van der Waals surface area contributed by atoms with Crippen molar-refractivity contribution in [3.05, 3.63) is 0 Å². The second-order valence-corrected chi connectivity index (χ2v) is 5.64. The number of hydrogen-bond acceptors (Lipinski definition) is 1. The van der Waals surface area contributed by atoms with Crippen LogP contribution in [-0.4, -0.2) is 14.4 Å². The van der Waals surface area contributed by atoms with Crippen molar-refractivity contribution in [2.75, 3.05) is 4.43 Å². The Morgan fingerprint density at radius 1 is 1.88 bits per heavy atom. The van der Waals surface area contributed by atoms with E-state index in [9.17, 15) is 0 Å². The molecular weight excluding hydrogens is 213 g/mol. The summed E-state index contributed by atoms with van der Waals surface area (Å²) in [6.45, 7) is 2.21. The maximum absolute atomic E-state index is 5.82. The molecule has 2 N–H and O–H groups in total. The molecule has 1 aliphatic rings. The third kappa shape index (κ3) is 1.90. The van der Waals surface area contributed by atoms with Crippen molar-refractivity contribution in [2.24, 2.45) is 5.73 Å². The molecule has 1 heterocycles. The van der Waals surface area contributed by atoms with Crippen LogP contribution in [0.25, 0.3) is 0 Å². The molecule has 2 atom stereocenters. The van der Waals surface area contributed by atoms with Crippen LogP contribution in [0.4, 0.5) is 0 Å². The molecule has 0 amide bonds. The summed E-state index contributed by atoms with van der Waals surface area (Å²) in [4.78, 5) is 0. The van der Waals surface area contributed by atoms with Gasteiger partial charge in [0.1, 0.15) is 0 Å². The molecule has 8 heavy (non-hydrogen) atoms. The van der Waals surface area contributed by atoms with E-state index < -0.39 is 0 Å². The number of nitrogens with two attached hydrogens (primary N) is 1. The van der Waals surface area contributed by atoms with Crippen LogP contribution >= 0.6 is 0 Å². The Morgan fingerprint density at radius 2 is 2.50 bits per heavy atom. The fourth-order valence-electron chi connectivity index (χ4n) is 0.794. The Balaban J connectivity index is 2.03. The van der Waals surface area contributed by atoms with Gasteiger partial charge in [0, 0.05) is 0 Å². The zero-order valence-corrected chi connectivity index (χ0v) is 7.39. The third-order valence-corrected chi connectivity index (χ3v) is 4.24. The van der Waals surface area contributed by atoms with Gasteiger partial charge in [0.15, 0.2) is 0 Å². The van der Waals surface area contributed by atoms with Crippen molar-refractivity contribution < 1.29 is 21.2 Å². The van der Waals surface area contributed by atoms with Gasteiger partial charge < -0.3 is 0 Å². The molecular formula is C6H13IN-. The van der Waals surface area contributed by atoms with Crippen LogP contribution in [0.3, 0.4) is 0 Å². The standard InChI is InChI=1S/C6H13IN/c1-2-3-6(8)5-4-7-5/h5-6H,2-4,8H2,1H3/q-1. The van der Waals surface area contributed by atoms with Gasteiger partial charge in [-0.1, -0.05) is 0 Å². The van der Waals surface area contributed by atoms with Gasteiger partial charge in [-0.15, -0.1) is 0 Å². The quantitative estimate of drug-likeness (QED) is 0.421. The Labute approximate surface area is 61.3 Å². The average Bonchev–Trinajstić information content (AvgIpc) is 2.45. The minimum atomic E-state index is 0.577. The average molecular weight is 226 g/mol. The zero-order chi connectivity index (χ0) is 5.98. The van der Waals surface area contributed by atoms with Crippen LogP contribution in [0, 0.1) is 0 Å². The van der Waals surface area contributed by atoms with E-state index in [2.05, 4.69) is 6.92 Å². The minimum absolute atomic E-state index is 0.577. The van der Waals surface area contributed by atoms with Crippen LogP contribution in [-0.2, 0) is 0 Å². The molecule has 2 unspecified atom stereocenters. The van der Waals surface area contributed by atoms with Gasteiger partial charge in [0.05, 0.1) is 0 Å². The van der Waals surface area contributed by atoms with Crippen molar-refractivity contribution in [1.82, 2.24) is 0 Å². The van der Waals surface area contributed by atoms with E-state index >= 15 is 0 Å². The summed E-state index contributed by atoms with van der Waals surface area (Å²) in [6, 6.07) is 0.577. The molecule has 0 aliphatic carbocycles. The first-order valence-electron chi connectivity index (χ1n) is 3.18. The van der Waals surface area contributed by atoms with E-state index in [0.717, 1.165) is 3.92 Å². The molecule has 1 saturated heterocycles. The summed E-state index contributed by atoms with van der Waals surface area (Å²) in [5.74, 6) is 0. The van der Waals surface area contributed by atoms with Crippen molar-refractivity contribution >= 4 is 0 Å². The zero-order valence-electron chi connectivity index (χ0n) is 5.23. The molecule has 0 saturated carbocycles. The molecule has 0 spiro atoms. The summed E-state index contributed by atoms with van der Waals surface area (Å²) >= 11 is 0.596. The van der Waals surface area contributed by atoms with Gasteiger partial charge in [0.2, 0.25) is 0 Å². The summed E-state index contributed by atoms with van der Waals surface area (Å²) in [7, 11) is 0. The molecule has 2 heteroatoms. The van der Waals surface area contributed by atoms with Crippen LogP contribution in [0.5, 0.6) is 0 Å². The fourth-order valence-corrected chi connectivity index (χ4v) is 2.75. The first-order chi connectivity index (χ1) is 3.84. The van der Waals surface area contributed by atoms with Crippen LogP contribution in [0.15, 0.2) is 0 Å². The van der Waals surface area contributed by atoms with E-state index in [4.69, 9.17) is 5.73 Å². The Morgan fingerprint density at radius 3 is 2.88 bits per heavy atom.